The fourth-order valence-corrected chi connectivity index (χ4v) is 2.45. The minimum atomic E-state index is -4.63. The Labute approximate surface area is 118 Å². The Morgan fingerprint density at radius 2 is 2.00 bits per heavy atom. The lowest BCUT2D eigenvalue weighted by molar-refractivity contribution is -0.145. The summed E-state index contributed by atoms with van der Waals surface area (Å²) in [4.78, 5) is 10.6. The standard InChI is InChI=1S/C10H6BrF3N4S/c11-5-2-1-3-16-8(5)19-7-4-6(15)17-9(18-7)10(12,13)14/h1-4H,(H2,15,17,18). The summed E-state index contributed by atoms with van der Waals surface area (Å²) < 4.78 is 38.3. The average molecular weight is 351 g/mol. The number of nitrogens with two attached hydrogens (primary N) is 1. The fraction of sp³-hybridized carbons (Fsp3) is 0.100. The molecule has 0 unspecified atom stereocenters. The molecule has 2 N–H and O–H groups in total. The van der Waals surface area contributed by atoms with Gasteiger partial charge in [-0.15, -0.1) is 0 Å². The second-order valence-corrected chi connectivity index (χ2v) is 5.21. The molecule has 19 heavy (non-hydrogen) atoms. The third kappa shape index (κ3) is 3.57. The van der Waals surface area contributed by atoms with Crippen LogP contribution in [0, 0.1) is 0 Å². The summed E-state index contributed by atoms with van der Waals surface area (Å²) in [5.74, 6) is -1.50. The van der Waals surface area contributed by atoms with Crippen LogP contribution >= 0.6 is 27.7 Å². The van der Waals surface area contributed by atoms with E-state index in [9.17, 15) is 13.2 Å². The van der Waals surface area contributed by atoms with Gasteiger partial charge in [0.15, 0.2) is 0 Å². The number of aromatic nitrogens is 3. The number of hydrogen-bond acceptors (Lipinski definition) is 5. The zero-order valence-corrected chi connectivity index (χ0v) is 11.6. The van der Waals surface area contributed by atoms with E-state index in [0.717, 1.165) is 11.8 Å². The highest BCUT2D eigenvalue weighted by molar-refractivity contribution is 9.10. The van der Waals surface area contributed by atoms with Crippen LogP contribution in [0.5, 0.6) is 0 Å². The lowest BCUT2D eigenvalue weighted by Gasteiger charge is -2.08. The van der Waals surface area contributed by atoms with Gasteiger partial charge in [-0.3, -0.25) is 0 Å². The van der Waals surface area contributed by atoms with Crippen LogP contribution in [0.4, 0.5) is 19.0 Å². The van der Waals surface area contributed by atoms with Crippen LogP contribution < -0.4 is 5.73 Å². The SMILES string of the molecule is Nc1cc(Sc2ncccc2Br)nc(C(F)(F)F)n1. The highest BCUT2D eigenvalue weighted by Crippen LogP contribution is 2.33. The molecule has 100 valence electrons. The number of halogens is 4. The van der Waals surface area contributed by atoms with Crippen molar-refractivity contribution >= 4 is 33.5 Å². The quantitative estimate of drug-likeness (QED) is 0.841. The number of pyridine rings is 1. The molecule has 4 nitrogen and oxygen atoms in total. The average Bonchev–Trinajstić information content (AvgIpc) is 2.30. The molecule has 0 aliphatic heterocycles. The largest absolute Gasteiger partial charge is 0.451 e. The molecule has 0 aliphatic rings. The zero-order chi connectivity index (χ0) is 14.0. The van der Waals surface area contributed by atoms with Crippen molar-refractivity contribution in [3.63, 3.8) is 0 Å². The van der Waals surface area contributed by atoms with Gasteiger partial charge >= 0.3 is 6.18 Å². The van der Waals surface area contributed by atoms with Gasteiger partial charge in [-0.05, 0) is 39.8 Å². The van der Waals surface area contributed by atoms with E-state index in [1.807, 2.05) is 0 Å². The van der Waals surface area contributed by atoms with E-state index in [-0.39, 0.29) is 10.8 Å². The summed E-state index contributed by atoms with van der Waals surface area (Å²) in [6.45, 7) is 0. The van der Waals surface area contributed by atoms with E-state index < -0.39 is 12.0 Å². The van der Waals surface area contributed by atoms with E-state index >= 15 is 0 Å². The zero-order valence-electron chi connectivity index (χ0n) is 9.15. The molecule has 0 saturated heterocycles. The van der Waals surface area contributed by atoms with Crippen LogP contribution in [0.1, 0.15) is 5.82 Å². The Morgan fingerprint density at radius 1 is 1.26 bits per heavy atom. The number of nitrogen functional groups attached to an aromatic ring is 1. The number of alkyl halides is 3. The van der Waals surface area contributed by atoms with Crippen LogP contribution in [0.15, 0.2) is 38.9 Å². The summed E-state index contributed by atoms with van der Waals surface area (Å²) in [6.07, 6.45) is -3.10. The molecule has 0 atom stereocenters. The molecular weight excluding hydrogens is 345 g/mol. The number of rotatable bonds is 2. The normalized spacial score (nSPS) is 11.6. The van der Waals surface area contributed by atoms with Crippen molar-refractivity contribution in [3.8, 4) is 0 Å². The van der Waals surface area contributed by atoms with Gasteiger partial charge in [0.05, 0.1) is 4.47 Å². The molecular formula is C10H6BrF3N4S. The Balaban J connectivity index is 2.36. The highest BCUT2D eigenvalue weighted by Gasteiger charge is 2.35. The lowest BCUT2D eigenvalue weighted by atomic mass is 10.5. The van der Waals surface area contributed by atoms with Crippen molar-refractivity contribution < 1.29 is 13.2 Å². The number of nitrogens with zero attached hydrogens (tertiary/aromatic N) is 3. The van der Waals surface area contributed by atoms with Crippen molar-refractivity contribution in [1.82, 2.24) is 15.0 Å². The Kier molecular flexibility index (Phi) is 3.95. The van der Waals surface area contributed by atoms with Gasteiger partial charge in [-0.1, -0.05) is 0 Å². The van der Waals surface area contributed by atoms with Crippen molar-refractivity contribution in [1.29, 1.82) is 0 Å². The van der Waals surface area contributed by atoms with Gasteiger partial charge in [0.2, 0.25) is 5.82 Å². The first kappa shape index (κ1) is 14.1. The van der Waals surface area contributed by atoms with Gasteiger partial charge in [0, 0.05) is 12.3 Å². The van der Waals surface area contributed by atoms with E-state index in [1.54, 1.807) is 12.1 Å². The molecule has 0 bridgehead atoms. The molecule has 0 saturated carbocycles. The fourth-order valence-electron chi connectivity index (χ4n) is 1.17. The monoisotopic (exact) mass is 350 g/mol. The van der Waals surface area contributed by atoms with Crippen molar-refractivity contribution in [2.75, 3.05) is 5.73 Å². The van der Waals surface area contributed by atoms with Gasteiger partial charge in [-0.25, -0.2) is 15.0 Å². The molecule has 0 aromatic carbocycles. The smallest absolute Gasteiger partial charge is 0.384 e. The van der Waals surface area contributed by atoms with E-state index in [4.69, 9.17) is 5.73 Å². The molecule has 0 spiro atoms. The maximum Gasteiger partial charge on any atom is 0.451 e. The van der Waals surface area contributed by atoms with Crippen molar-refractivity contribution in [3.05, 3.63) is 34.7 Å². The molecule has 2 aromatic rings. The molecule has 0 radical (unpaired) electrons. The van der Waals surface area contributed by atoms with Crippen LogP contribution in [0.2, 0.25) is 0 Å². The summed E-state index contributed by atoms with van der Waals surface area (Å²) in [5, 5.41) is 0.577. The van der Waals surface area contributed by atoms with Crippen LogP contribution in [-0.4, -0.2) is 15.0 Å². The maximum atomic E-state index is 12.6. The van der Waals surface area contributed by atoms with E-state index in [0.29, 0.717) is 9.50 Å². The van der Waals surface area contributed by atoms with Crippen LogP contribution in [0.25, 0.3) is 0 Å². The van der Waals surface area contributed by atoms with Crippen molar-refractivity contribution in [2.45, 2.75) is 16.2 Å². The number of anilines is 1. The predicted octanol–water partition coefficient (Wildman–Crippen LogP) is 3.39. The summed E-state index contributed by atoms with van der Waals surface area (Å²) in [7, 11) is 0. The maximum absolute atomic E-state index is 12.6. The second-order valence-electron chi connectivity index (χ2n) is 3.34. The lowest BCUT2D eigenvalue weighted by Crippen LogP contribution is -2.12. The Morgan fingerprint density at radius 3 is 2.63 bits per heavy atom. The molecule has 2 aromatic heterocycles. The highest BCUT2D eigenvalue weighted by atomic mass is 79.9. The molecule has 9 heteroatoms. The summed E-state index contributed by atoms with van der Waals surface area (Å²) in [5.41, 5.74) is 5.35. The predicted molar refractivity (Wildman–Crippen MR) is 67.5 cm³/mol. The molecule has 0 aliphatic carbocycles. The minimum Gasteiger partial charge on any atom is -0.384 e. The summed E-state index contributed by atoms with van der Waals surface area (Å²) in [6, 6.07) is 4.69. The van der Waals surface area contributed by atoms with Gasteiger partial charge in [0.1, 0.15) is 15.9 Å². The number of hydrogen-bond donors (Lipinski definition) is 1. The van der Waals surface area contributed by atoms with E-state index in [1.165, 1.54) is 12.3 Å². The topological polar surface area (TPSA) is 64.7 Å². The summed E-state index contributed by atoms with van der Waals surface area (Å²) >= 11 is 4.22. The van der Waals surface area contributed by atoms with Gasteiger partial charge in [-0.2, -0.15) is 13.2 Å². The molecule has 2 heterocycles. The Hall–Kier alpha value is -1.35. The Bertz CT molecular complexity index is 606. The van der Waals surface area contributed by atoms with Crippen LogP contribution in [-0.2, 0) is 6.18 Å². The van der Waals surface area contributed by atoms with Gasteiger partial charge in [0.25, 0.3) is 0 Å². The minimum absolute atomic E-state index is 0.0826. The molecule has 0 amide bonds. The van der Waals surface area contributed by atoms with Crippen molar-refractivity contribution in [2.24, 2.45) is 0 Å². The van der Waals surface area contributed by atoms with E-state index in [2.05, 4.69) is 30.9 Å². The second kappa shape index (κ2) is 5.33. The van der Waals surface area contributed by atoms with Crippen LogP contribution in [0.3, 0.4) is 0 Å². The molecule has 2 rings (SSSR count). The first-order chi connectivity index (χ1) is 8.86. The first-order valence-electron chi connectivity index (χ1n) is 4.86. The third-order valence-corrected chi connectivity index (χ3v) is 3.74. The first-order valence-corrected chi connectivity index (χ1v) is 6.47. The third-order valence-electron chi connectivity index (χ3n) is 1.90. The van der Waals surface area contributed by atoms with Gasteiger partial charge < -0.3 is 5.73 Å². The molecule has 0 fully saturated rings.